The molecule has 146 valence electrons. The summed E-state index contributed by atoms with van der Waals surface area (Å²) in [7, 11) is 0. The highest BCUT2D eigenvalue weighted by atomic mass is 32.2. The van der Waals surface area contributed by atoms with E-state index < -0.39 is 0 Å². The fourth-order valence-electron chi connectivity index (χ4n) is 2.72. The zero-order chi connectivity index (χ0) is 20.2. The number of amides is 1. The van der Waals surface area contributed by atoms with E-state index in [2.05, 4.69) is 26.6 Å². The van der Waals surface area contributed by atoms with Crippen molar-refractivity contribution in [2.45, 2.75) is 18.9 Å². The summed E-state index contributed by atoms with van der Waals surface area (Å²) in [5.41, 5.74) is 3.67. The smallest absolute Gasteiger partial charge is 0.234 e. The molecule has 29 heavy (non-hydrogen) atoms. The number of aromatic nitrogens is 3. The van der Waals surface area contributed by atoms with Gasteiger partial charge < -0.3 is 5.32 Å². The maximum absolute atomic E-state index is 12.2. The Morgan fingerprint density at radius 3 is 2.72 bits per heavy atom. The average molecular weight is 439 g/mol. The van der Waals surface area contributed by atoms with Gasteiger partial charge in [0.25, 0.3) is 0 Å². The van der Waals surface area contributed by atoms with Crippen molar-refractivity contribution in [2.24, 2.45) is 0 Å². The van der Waals surface area contributed by atoms with E-state index in [1.54, 1.807) is 22.7 Å². The molecule has 0 unspecified atom stereocenters. The van der Waals surface area contributed by atoms with Crippen LogP contribution in [-0.2, 0) is 4.79 Å². The molecule has 0 saturated heterocycles. The Balaban J connectivity index is 1.39. The second-order valence-electron chi connectivity index (χ2n) is 6.37. The molecule has 4 aromatic rings. The number of thioether (sulfide) groups is 1. The summed E-state index contributed by atoms with van der Waals surface area (Å²) in [6.45, 7) is 3.98. The van der Waals surface area contributed by atoms with Crippen LogP contribution in [0.1, 0.15) is 11.3 Å². The van der Waals surface area contributed by atoms with Crippen molar-refractivity contribution in [1.82, 2.24) is 15.2 Å². The summed E-state index contributed by atoms with van der Waals surface area (Å²) >= 11 is 4.67. The van der Waals surface area contributed by atoms with Gasteiger partial charge in [-0.05, 0) is 55.1 Å². The third kappa shape index (κ3) is 4.90. The second-order valence-corrected chi connectivity index (χ2v) is 9.32. The number of carbonyl (C=O) groups excluding carboxylic acids is 1. The van der Waals surface area contributed by atoms with Crippen LogP contribution in [-0.4, -0.2) is 26.8 Å². The quantitative estimate of drug-likeness (QED) is 0.393. The van der Waals surface area contributed by atoms with Crippen molar-refractivity contribution in [2.75, 3.05) is 11.1 Å². The summed E-state index contributed by atoms with van der Waals surface area (Å²) < 4.78 is 0. The Kier molecular flexibility index (Phi) is 6.03. The SMILES string of the molecule is Cc1cccc(NC(=O)CSc2ccc(-c3sc(-c4cccs4)nc3C)nn2)c1. The fraction of sp³-hybridized carbons (Fsp3) is 0.143. The topological polar surface area (TPSA) is 67.8 Å². The van der Waals surface area contributed by atoms with Gasteiger partial charge in [-0.2, -0.15) is 0 Å². The van der Waals surface area contributed by atoms with Crippen LogP contribution in [0.15, 0.2) is 58.9 Å². The lowest BCUT2D eigenvalue weighted by Gasteiger charge is -2.05. The van der Waals surface area contributed by atoms with Crippen LogP contribution in [0, 0.1) is 13.8 Å². The molecule has 0 aliphatic rings. The van der Waals surface area contributed by atoms with Gasteiger partial charge in [-0.3, -0.25) is 4.79 Å². The molecule has 0 bridgehead atoms. The Morgan fingerprint density at radius 1 is 1.10 bits per heavy atom. The molecule has 4 rings (SSSR count). The number of thiazole rings is 1. The maximum atomic E-state index is 12.2. The van der Waals surface area contributed by atoms with Gasteiger partial charge in [0.2, 0.25) is 5.91 Å². The lowest BCUT2D eigenvalue weighted by Crippen LogP contribution is -2.14. The van der Waals surface area contributed by atoms with Gasteiger partial charge in [0.05, 0.1) is 21.2 Å². The van der Waals surface area contributed by atoms with E-state index in [-0.39, 0.29) is 11.7 Å². The highest BCUT2D eigenvalue weighted by Gasteiger charge is 2.14. The number of anilines is 1. The van der Waals surface area contributed by atoms with Crippen molar-refractivity contribution in [3.63, 3.8) is 0 Å². The van der Waals surface area contributed by atoms with Gasteiger partial charge in [-0.1, -0.05) is 30.0 Å². The van der Waals surface area contributed by atoms with Crippen LogP contribution in [0.25, 0.3) is 20.5 Å². The number of rotatable bonds is 6. The average Bonchev–Trinajstić information content (AvgIpc) is 3.37. The molecule has 0 spiro atoms. The standard InChI is InChI=1S/C21H18N4OS3/c1-13-5-3-6-15(11-13)23-18(26)12-28-19-9-8-16(24-25-19)20-14(2)22-21(29-20)17-7-4-10-27-17/h3-11H,12H2,1-2H3,(H,23,26). The molecule has 0 saturated carbocycles. The maximum Gasteiger partial charge on any atom is 0.234 e. The summed E-state index contributed by atoms with van der Waals surface area (Å²) in [4.78, 5) is 19.0. The molecule has 1 aromatic carbocycles. The molecule has 1 amide bonds. The van der Waals surface area contributed by atoms with Crippen LogP contribution in [0.2, 0.25) is 0 Å². The van der Waals surface area contributed by atoms with E-state index in [0.29, 0.717) is 5.03 Å². The van der Waals surface area contributed by atoms with Crippen LogP contribution < -0.4 is 5.32 Å². The zero-order valence-corrected chi connectivity index (χ0v) is 18.3. The highest BCUT2D eigenvalue weighted by Crippen LogP contribution is 2.36. The van der Waals surface area contributed by atoms with Crippen LogP contribution in [0.5, 0.6) is 0 Å². The molecule has 3 aromatic heterocycles. The van der Waals surface area contributed by atoms with Crippen molar-refractivity contribution in [1.29, 1.82) is 0 Å². The normalized spacial score (nSPS) is 10.8. The van der Waals surface area contributed by atoms with Crippen molar-refractivity contribution < 1.29 is 4.79 Å². The van der Waals surface area contributed by atoms with Gasteiger partial charge in [0, 0.05) is 5.69 Å². The third-order valence-corrected chi connectivity index (χ3v) is 7.19. The van der Waals surface area contributed by atoms with E-state index >= 15 is 0 Å². The van der Waals surface area contributed by atoms with E-state index in [1.807, 2.05) is 61.7 Å². The number of benzene rings is 1. The monoisotopic (exact) mass is 438 g/mol. The molecular weight excluding hydrogens is 420 g/mol. The second kappa shape index (κ2) is 8.86. The van der Waals surface area contributed by atoms with E-state index in [0.717, 1.165) is 37.4 Å². The Hall–Kier alpha value is -2.55. The molecule has 0 radical (unpaired) electrons. The van der Waals surface area contributed by atoms with Gasteiger partial charge in [0.15, 0.2) is 0 Å². The zero-order valence-electron chi connectivity index (χ0n) is 15.9. The van der Waals surface area contributed by atoms with E-state index in [9.17, 15) is 4.79 Å². The van der Waals surface area contributed by atoms with Gasteiger partial charge in [-0.25, -0.2) is 4.98 Å². The lowest BCUT2D eigenvalue weighted by atomic mass is 10.2. The van der Waals surface area contributed by atoms with Crippen molar-refractivity contribution in [3.8, 4) is 20.5 Å². The minimum atomic E-state index is -0.0645. The van der Waals surface area contributed by atoms with Crippen LogP contribution in [0.4, 0.5) is 5.69 Å². The summed E-state index contributed by atoms with van der Waals surface area (Å²) in [6.07, 6.45) is 0. The molecule has 3 heterocycles. The molecule has 0 fully saturated rings. The summed E-state index contributed by atoms with van der Waals surface area (Å²) in [5.74, 6) is 0.217. The number of aryl methyl sites for hydroxylation is 2. The first-order chi connectivity index (χ1) is 14.1. The van der Waals surface area contributed by atoms with Gasteiger partial charge in [-0.15, -0.1) is 32.9 Å². The van der Waals surface area contributed by atoms with Gasteiger partial charge in [0.1, 0.15) is 15.7 Å². The Morgan fingerprint density at radius 2 is 2.00 bits per heavy atom. The first-order valence-corrected chi connectivity index (χ1v) is 11.6. The predicted molar refractivity (Wildman–Crippen MR) is 122 cm³/mol. The third-order valence-electron chi connectivity index (χ3n) is 4.05. The first-order valence-electron chi connectivity index (χ1n) is 8.93. The Labute approximate surface area is 181 Å². The fourth-order valence-corrected chi connectivity index (χ4v) is 5.16. The van der Waals surface area contributed by atoms with E-state index in [1.165, 1.54) is 11.8 Å². The minimum Gasteiger partial charge on any atom is -0.325 e. The molecular formula is C21H18N4OS3. The number of carbonyl (C=O) groups is 1. The lowest BCUT2D eigenvalue weighted by molar-refractivity contribution is -0.113. The number of nitrogens with zero attached hydrogens (tertiary/aromatic N) is 3. The summed E-state index contributed by atoms with van der Waals surface area (Å²) in [6, 6.07) is 15.7. The molecule has 5 nitrogen and oxygen atoms in total. The molecule has 0 aliphatic carbocycles. The number of hydrogen-bond acceptors (Lipinski definition) is 7. The summed E-state index contributed by atoms with van der Waals surface area (Å²) in [5, 5.41) is 15.3. The van der Waals surface area contributed by atoms with Crippen molar-refractivity contribution in [3.05, 3.63) is 65.2 Å². The molecule has 0 atom stereocenters. The number of hydrogen-bond donors (Lipinski definition) is 1. The largest absolute Gasteiger partial charge is 0.325 e. The predicted octanol–water partition coefficient (Wildman–Crippen LogP) is 5.68. The highest BCUT2D eigenvalue weighted by molar-refractivity contribution is 7.99. The van der Waals surface area contributed by atoms with Gasteiger partial charge >= 0.3 is 0 Å². The number of thiophene rings is 1. The number of nitrogens with one attached hydrogen (secondary N) is 1. The van der Waals surface area contributed by atoms with Crippen LogP contribution >= 0.6 is 34.4 Å². The molecule has 1 N–H and O–H groups in total. The van der Waals surface area contributed by atoms with Crippen molar-refractivity contribution >= 4 is 46.0 Å². The van der Waals surface area contributed by atoms with Crippen LogP contribution in [0.3, 0.4) is 0 Å². The molecule has 0 aliphatic heterocycles. The van der Waals surface area contributed by atoms with E-state index in [4.69, 9.17) is 0 Å². The Bertz CT molecular complexity index is 1120. The minimum absolute atomic E-state index is 0.0645. The molecule has 8 heteroatoms. The first kappa shape index (κ1) is 19.8.